The summed E-state index contributed by atoms with van der Waals surface area (Å²) in [6.45, 7) is 1.50. The van der Waals surface area contributed by atoms with Gasteiger partial charge >= 0.3 is 6.18 Å². The number of nitrogens with zero attached hydrogens (tertiary/aromatic N) is 2. The van der Waals surface area contributed by atoms with Crippen LogP contribution in [-0.2, 0) is 21.0 Å². The van der Waals surface area contributed by atoms with Crippen LogP contribution in [0.15, 0.2) is 23.1 Å². The minimum Gasteiger partial charge on any atom is -0.330 e. The van der Waals surface area contributed by atoms with E-state index in [1.165, 1.54) is 4.90 Å². The van der Waals surface area contributed by atoms with E-state index in [-0.39, 0.29) is 26.1 Å². The van der Waals surface area contributed by atoms with Crippen molar-refractivity contribution < 1.29 is 26.4 Å². The third kappa shape index (κ3) is 5.88. The SMILES string of the molecule is CCN(CC#N)C(=O)CCNS(=O)(=O)c1ccc(Cl)c(C(F)(F)F)c1. The normalized spacial score (nSPS) is 11.8. The van der Waals surface area contributed by atoms with Crippen LogP contribution in [0.2, 0.25) is 5.02 Å². The molecule has 25 heavy (non-hydrogen) atoms. The summed E-state index contributed by atoms with van der Waals surface area (Å²) in [5.74, 6) is -0.446. The average molecular weight is 398 g/mol. The minimum atomic E-state index is -4.79. The van der Waals surface area contributed by atoms with Crippen molar-refractivity contribution in [3.63, 3.8) is 0 Å². The predicted molar refractivity (Wildman–Crippen MR) is 84.1 cm³/mol. The molecule has 0 bridgehead atoms. The Morgan fingerprint density at radius 1 is 1.40 bits per heavy atom. The molecule has 1 amide bonds. The van der Waals surface area contributed by atoms with Crippen LogP contribution >= 0.6 is 11.6 Å². The van der Waals surface area contributed by atoms with Gasteiger partial charge in [-0.05, 0) is 25.1 Å². The lowest BCUT2D eigenvalue weighted by molar-refractivity contribution is -0.137. The largest absolute Gasteiger partial charge is 0.417 e. The van der Waals surface area contributed by atoms with Crippen LogP contribution < -0.4 is 4.72 Å². The molecule has 1 N–H and O–H groups in total. The summed E-state index contributed by atoms with van der Waals surface area (Å²) in [6.07, 6.45) is -5.02. The van der Waals surface area contributed by atoms with E-state index in [9.17, 15) is 26.4 Å². The Balaban J connectivity index is 2.83. The molecule has 1 aromatic rings. The van der Waals surface area contributed by atoms with Gasteiger partial charge in [-0.2, -0.15) is 18.4 Å². The van der Waals surface area contributed by atoms with Gasteiger partial charge in [0.1, 0.15) is 6.54 Å². The van der Waals surface area contributed by atoms with E-state index < -0.39 is 37.6 Å². The summed E-state index contributed by atoms with van der Waals surface area (Å²) in [6, 6.07) is 4.02. The molecule has 0 radical (unpaired) electrons. The third-order valence-electron chi connectivity index (χ3n) is 3.18. The van der Waals surface area contributed by atoms with Crippen molar-refractivity contribution in [1.82, 2.24) is 9.62 Å². The van der Waals surface area contributed by atoms with Crippen molar-refractivity contribution in [3.8, 4) is 6.07 Å². The van der Waals surface area contributed by atoms with Crippen molar-refractivity contribution in [2.24, 2.45) is 0 Å². The van der Waals surface area contributed by atoms with E-state index in [1.807, 2.05) is 0 Å². The molecule has 0 heterocycles. The number of carbonyl (C=O) groups is 1. The lowest BCUT2D eigenvalue weighted by atomic mass is 10.2. The summed E-state index contributed by atoms with van der Waals surface area (Å²) in [4.78, 5) is 12.4. The van der Waals surface area contributed by atoms with E-state index in [2.05, 4.69) is 4.72 Å². The number of hydrogen-bond donors (Lipinski definition) is 1. The fourth-order valence-corrected chi connectivity index (χ4v) is 3.17. The van der Waals surface area contributed by atoms with Gasteiger partial charge in [0.15, 0.2) is 0 Å². The van der Waals surface area contributed by atoms with E-state index in [4.69, 9.17) is 16.9 Å². The highest BCUT2D eigenvalue weighted by molar-refractivity contribution is 7.89. The summed E-state index contributed by atoms with van der Waals surface area (Å²) in [5.41, 5.74) is -1.26. The Morgan fingerprint density at radius 3 is 2.56 bits per heavy atom. The van der Waals surface area contributed by atoms with Gasteiger partial charge in [0.2, 0.25) is 15.9 Å². The van der Waals surface area contributed by atoms with E-state index in [1.54, 1.807) is 13.0 Å². The maximum Gasteiger partial charge on any atom is 0.417 e. The number of nitrogens with one attached hydrogen (secondary N) is 1. The Hall–Kier alpha value is -1.83. The third-order valence-corrected chi connectivity index (χ3v) is 4.97. The van der Waals surface area contributed by atoms with Gasteiger partial charge in [0, 0.05) is 19.5 Å². The zero-order valence-corrected chi connectivity index (χ0v) is 14.7. The number of amides is 1. The van der Waals surface area contributed by atoms with Crippen molar-refractivity contribution in [2.75, 3.05) is 19.6 Å². The Morgan fingerprint density at radius 2 is 2.04 bits per heavy atom. The first-order chi connectivity index (χ1) is 11.5. The second-order valence-electron chi connectivity index (χ2n) is 4.85. The molecule has 138 valence electrons. The summed E-state index contributed by atoms with van der Waals surface area (Å²) in [5, 5.41) is 7.96. The van der Waals surface area contributed by atoms with Gasteiger partial charge in [-0.1, -0.05) is 11.6 Å². The van der Waals surface area contributed by atoms with Gasteiger partial charge < -0.3 is 4.90 Å². The Bertz CT molecular complexity index is 776. The second-order valence-corrected chi connectivity index (χ2v) is 7.03. The molecule has 0 aliphatic heterocycles. The highest BCUT2D eigenvalue weighted by atomic mass is 35.5. The highest BCUT2D eigenvalue weighted by Gasteiger charge is 2.34. The van der Waals surface area contributed by atoms with Gasteiger partial charge in [-0.25, -0.2) is 13.1 Å². The number of sulfonamides is 1. The van der Waals surface area contributed by atoms with Gasteiger partial charge in [-0.15, -0.1) is 0 Å². The Kier molecular flexibility index (Phi) is 7.22. The van der Waals surface area contributed by atoms with Crippen molar-refractivity contribution in [3.05, 3.63) is 28.8 Å². The average Bonchev–Trinajstić information content (AvgIpc) is 2.51. The first-order valence-electron chi connectivity index (χ1n) is 7.04. The smallest absolute Gasteiger partial charge is 0.330 e. The molecule has 0 atom stereocenters. The van der Waals surface area contributed by atoms with Crippen LogP contribution in [-0.4, -0.2) is 38.9 Å². The minimum absolute atomic E-state index is 0.131. The topological polar surface area (TPSA) is 90.3 Å². The fourth-order valence-electron chi connectivity index (χ4n) is 1.88. The van der Waals surface area contributed by atoms with Crippen LogP contribution in [0, 0.1) is 11.3 Å². The number of hydrogen-bond acceptors (Lipinski definition) is 4. The standard InChI is InChI=1S/C14H15ClF3N3O3S/c1-2-21(8-6-19)13(22)5-7-20-25(23,24)10-3-4-12(15)11(9-10)14(16,17)18/h3-4,9,20H,2,5,7-8H2,1H3. The summed E-state index contributed by atoms with van der Waals surface area (Å²) in [7, 11) is -4.24. The first-order valence-corrected chi connectivity index (χ1v) is 8.90. The molecular formula is C14H15ClF3N3O3S. The van der Waals surface area contributed by atoms with Gasteiger partial charge in [0.05, 0.1) is 21.6 Å². The van der Waals surface area contributed by atoms with Gasteiger partial charge in [-0.3, -0.25) is 4.79 Å². The zero-order valence-electron chi connectivity index (χ0n) is 13.1. The zero-order chi connectivity index (χ0) is 19.3. The molecule has 0 spiro atoms. The molecule has 0 unspecified atom stereocenters. The molecule has 6 nitrogen and oxygen atoms in total. The predicted octanol–water partition coefficient (Wildman–Crippen LogP) is 2.40. The van der Waals surface area contributed by atoms with Crippen LogP contribution in [0.3, 0.4) is 0 Å². The number of benzene rings is 1. The first kappa shape index (κ1) is 21.2. The van der Waals surface area contributed by atoms with Crippen molar-refractivity contribution in [2.45, 2.75) is 24.4 Å². The maximum absolute atomic E-state index is 12.8. The van der Waals surface area contributed by atoms with Crippen LogP contribution in [0.25, 0.3) is 0 Å². The van der Waals surface area contributed by atoms with Crippen LogP contribution in [0.1, 0.15) is 18.9 Å². The van der Waals surface area contributed by atoms with Crippen LogP contribution in [0.4, 0.5) is 13.2 Å². The number of rotatable bonds is 7. The molecule has 11 heteroatoms. The van der Waals surface area contributed by atoms with Crippen LogP contribution in [0.5, 0.6) is 0 Å². The van der Waals surface area contributed by atoms with E-state index in [0.29, 0.717) is 6.07 Å². The van der Waals surface area contributed by atoms with Gasteiger partial charge in [0.25, 0.3) is 0 Å². The molecule has 0 saturated heterocycles. The van der Waals surface area contributed by atoms with E-state index >= 15 is 0 Å². The summed E-state index contributed by atoms with van der Waals surface area (Å²) < 4.78 is 64.6. The molecule has 1 rings (SSSR count). The van der Waals surface area contributed by atoms with Crippen molar-refractivity contribution in [1.29, 1.82) is 5.26 Å². The monoisotopic (exact) mass is 397 g/mol. The molecule has 0 aromatic heterocycles. The molecule has 0 saturated carbocycles. The molecular weight excluding hydrogens is 383 g/mol. The number of halogens is 4. The number of carbonyl (C=O) groups excluding carboxylic acids is 1. The van der Waals surface area contributed by atoms with E-state index in [0.717, 1.165) is 12.1 Å². The molecule has 1 aromatic carbocycles. The lowest BCUT2D eigenvalue weighted by Crippen LogP contribution is -2.34. The maximum atomic E-state index is 12.8. The number of alkyl halides is 3. The molecule has 0 aliphatic rings. The fraction of sp³-hybridized carbons (Fsp3) is 0.429. The second kappa shape index (κ2) is 8.51. The van der Waals surface area contributed by atoms with Crippen molar-refractivity contribution >= 4 is 27.5 Å². The number of nitriles is 1. The lowest BCUT2D eigenvalue weighted by Gasteiger charge is -2.17. The quantitative estimate of drug-likeness (QED) is 0.715. The summed E-state index contributed by atoms with van der Waals surface area (Å²) >= 11 is 5.45. The highest BCUT2D eigenvalue weighted by Crippen LogP contribution is 2.35. The Labute approximate surface area is 148 Å². The molecule has 0 aliphatic carbocycles. The molecule has 0 fully saturated rings.